The summed E-state index contributed by atoms with van der Waals surface area (Å²) >= 11 is 7.15. The SMILES string of the molecule is COc1ccc(Cl)cc1NC(=O)c1sc2ncn(Cc3ccccc3F)c(=O)c2c1C. The maximum absolute atomic E-state index is 14.0. The highest BCUT2D eigenvalue weighted by atomic mass is 35.5. The molecule has 31 heavy (non-hydrogen) atoms. The van der Waals surface area contributed by atoms with E-state index in [9.17, 15) is 14.0 Å². The van der Waals surface area contributed by atoms with Gasteiger partial charge in [-0.3, -0.25) is 14.2 Å². The number of carbonyl (C=O) groups is 1. The zero-order chi connectivity index (χ0) is 22.1. The van der Waals surface area contributed by atoms with Gasteiger partial charge in [-0.1, -0.05) is 29.8 Å². The summed E-state index contributed by atoms with van der Waals surface area (Å²) in [7, 11) is 1.49. The van der Waals surface area contributed by atoms with Gasteiger partial charge >= 0.3 is 0 Å². The summed E-state index contributed by atoms with van der Waals surface area (Å²) in [6.07, 6.45) is 1.37. The quantitative estimate of drug-likeness (QED) is 0.464. The Morgan fingerprint density at radius 2 is 2.06 bits per heavy atom. The van der Waals surface area contributed by atoms with Gasteiger partial charge in [0.2, 0.25) is 0 Å². The first-order valence-corrected chi connectivity index (χ1v) is 10.5. The Kier molecular flexibility index (Phi) is 5.75. The Bertz CT molecular complexity index is 1370. The van der Waals surface area contributed by atoms with Gasteiger partial charge in [0.1, 0.15) is 16.4 Å². The van der Waals surface area contributed by atoms with E-state index in [4.69, 9.17) is 16.3 Å². The molecule has 4 rings (SSSR count). The molecule has 9 heteroatoms. The first kappa shape index (κ1) is 21.0. The average Bonchev–Trinajstić information content (AvgIpc) is 3.09. The number of nitrogens with zero attached hydrogens (tertiary/aromatic N) is 2. The van der Waals surface area contributed by atoms with Gasteiger partial charge in [0.15, 0.2) is 0 Å². The number of aryl methyl sites for hydroxylation is 1. The number of carbonyl (C=O) groups excluding carboxylic acids is 1. The molecule has 0 unspecified atom stereocenters. The summed E-state index contributed by atoms with van der Waals surface area (Å²) in [4.78, 5) is 31.1. The lowest BCUT2D eigenvalue weighted by atomic mass is 10.2. The minimum absolute atomic E-state index is 0.0466. The molecule has 0 atom stereocenters. The molecule has 0 aliphatic rings. The van der Waals surface area contributed by atoms with Gasteiger partial charge in [0, 0.05) is 10.6 Å². The van der Waals surface area contributed by atoms with Crippen LogP contribution in [0.4, 0.5) is 10.1 Å². The predicted molar refractivity (Wildman–Crippen MR) is 120 cm³/mol. The minimum Gasteiger partial charge on any atom is -0.495 e. The van der Waals surface area contributed by atoms with Crippen LogP contribution < -0.4 is 15.6 Å². The second-order valence-corrected chi connectivity index (χ2v) is 8.24. The van der Waals surface area contributed by atoms with E-state index in [-0.39, 0.29) is 12.1 Å². The summed E-state index contributed by atoms with van der Waals surface area (Å²) in [6.45, 7) is 1.74. The lowest BCUT2D eigenvalue weighted by Crippen LogP contribution is -2.21. The van der Waals surface area contributed by atoms with Gasteiger partial charge in [0.05, 0.1) is 35.9 Å². The van der Waals surface area contributed by atoms with Crippen molar-refractivity contribution in [2.24, 2.45) is 0 Å². The zero-order valence-corrected chi connectivity index (χ0v) is 18.2. The summed E-state index contributed by atoms with van der Waals surface area (Å²) in [6, 6.07) is 11.1. The van der Waals surface area contributed by atoms with Crippen LogP contribution in [0.3, 0.4) is 0 Å². The monoisotopic (exact) mass is 457 g/mol. The molecule has 0 bridgehead atoms. The van der Waals surface area contributed by atoms with Crippen molar-refractivity contribution in [3.05, 3.63) is 86.0 Å². The lowest BCUT2D eigenvalue weighted by Gasteiger charge is -2.10. The van der Waals surface area contributed by atoms with Crippen LogP contribution in [0.2, 0.25) is 5.02 Å². The molecule has 0 fully saturated rings. The summed E-state index contributed by atoms with van der Waals surface area (Å²) in [5.74, 6) is -0.338. The maximum atomic E-state index is 14.0. The molecule has 2 aromatic heterocycles. The molecule has 1 amide bonds. The largest absolute Gasteiger partial charge is 0.495 e. The summed E-state index contributed by atoms with van der Waals surface area (Å²) < 4.78 is 20.6. The second-order valence-electron chi connectivity index (χ2n) is 6.80. The molecular formula is C22H17ClFN3O3S. The number of hydrogen-bond acceptors (Lipinski definition) is 5. The lowest BCUT2D eigenvalue weighted by molar-refractivity contribution is 0.102. The van der Waals surface area contributed by atoms with Crippen molar-refractivity contribution < 1.29 is 13.9 Å². The Hall–Kier alpha value is -3.23. The van der Waals surface area contributed by atoms with E-state index in [1.165, 1.54) is 24.1 Å². The van der Waals surface area contributed by atoms with Crippen molar-refractivity contribution in [3.8, 4) is 5.75 Å². The Labute approximate surface area is 185 Å². The molecular weight excluding hydrogens is 441 g/mol. The van der Waals surface area contributed by atoms with Gasteiger partial charge < -0.3 is 10.1 Å². The number of benzene rings is 2. The number of aromatic nitrogens is 2. The molecule has 0 aliphatic heterocycles. The third-order valence-corrected chi connectivity index (χ3v) is 6.27. The summed E-state index contributed by atoms with van der Waals surface area (Å²) in [5.41, 5.74) is 0.978. The number of amides is 1. The highest BCUT2D eigenvalue weighted by molar-refractivity contribution is 7.20. The molecule has 0 saturated heterocycles. The number of halogens is 2. The normalized spacial score (nSPS) is 11.0. The molecule has 2 aromatic carbocycles. The highest BCUT2D eigenvalue weighted by Gasteiger charge is 2.21. The van der Waals surface area contributed by atoms with Crippen molar-refractivity contribution in [2.45, 2.75) is 13.5 Å². The van der Waals surface area contributed by atoms with Gasteiger partial charge in [-0.2, -0.15) is 0 Å². The topological polar surface area (TPSA) is 73.2 Å². The van der Waals surface area contributed by atoms with Crippen LogP contribution in [0.25, 0.3) is 10.2 Å². The second kappa shape index (κ2) is 8.49. The Morgan fingerprint density at radius 1 is 1.29 bits per heavy atom. The molecule has 158 valence electrons. The van der Waals surface area contributed by atoms with E-state index in [2.05, 4.69) is 10.3 Å². The smallest absolute Gasteiger partial charge is 0.266 e. The Balaban J connectivity index is 1.71. The molecule has 4 aromatic rings. The molecule has 2 heterocycles. The number of methoxy groups -OCH3 is 1. The molecule has 0 aliphatic carbocycles. The van der Waals surface area contributed by atoms with Crippen LogP contribution in [0.5, 0.6) is 5.75 Å². The first-order valence-electron chi connectivity index (χ1n) is 9.26. The fourth-order valence-electron chi connectivity index (χ4n) is 3.26. The van der Waals surface area contributed by atoms with Crippen molar-refractivity contribution in [1.82, 2.24) is 9.55 Å². The van der Waals surface area contributed by atoms with Crippen LogP contribution >= 0.6 is 22.9 Å². The summed E-state index contributed by atoms with van der Waals surface area (Å²) in [5, 5.41) is 3.56. The average molecular weight is 458 g/mol. The standard InChI is InChI=1S/C22H17ClFN3O3S/c1-12-18-21(25-11-27(22(18)29)10-13-5-3-4-6-15(13)24)31-19(12)20(28)26-16-9-14(23)7-8-17(16)30-2/h3-9,11H,10H2,1-2H3,(H,26,28). The number of thiophene rings is 1. The van der Waals surface area contributed by atoms with Crippen molar-refractivity contribution >= 4 is 44.7 Å². The van der Waals surface area contributed by atoms with Crippen LogP contribution in [-0.2, 0) is 6.54 Å². The van der Waals surface area contributed by atoms with E-state index in [0.29, 0.717) is 42.7 Å². The molecule has 0 spiro atoms. The van der Waals surface area contributed by atoms with Crippen LogP contribution in [-0.4, -0.2) is 22.6 Å². The number of rotatable bonds is 5. The van der Waals surface area contributed by atoms with E-state index >= 15 is 0 Å². The number of hydrogen-bond donors (Lipinski definition) is 1. The number of ether oxygens (including phenoxy) is 1. The number of fused-ring (bicyclic) bond motifs is 1. The number of anilines is 1. The number of nitrogens with one attached hydrogen (secondary N) is 1. The fourth-order valence-corrected chi connectivity index (χ4v) is 4.46. The van der Waals surface area contributed by atoms with E-state index in [1.54, 1.807) is 43.3 Å². The van der Waals surface area contributed by atoms with Gasteiger partial charge in [0.25, 0.3) is 11.5 Å². The Morgan fingerprint density at radius 3 is 2.81 bits per heavy atom. The van der Waals surface area contributed by atoms with Crippen LogP contribution in [0.1, 0.15) is 20.8 Å². The van der Waals surface area contributed by atoms with Crippen LogP contribution in [0.15, 0.2) is 53.6 Å². The maximum Gasteiger partial charge on any atom is 0.266 e. The minimum atomic E-state index is -0.402. The predicted octanol–water partition coefficient (Wildman–Crippen LogP) is 4.87. The van der Waals surface area contributed by atoms with Crippen molar-refractivity contribution in [1.29, 1.82) is 0 Å². The van der Waals surface area contributed by atoms with E-state index < -0.39 is 11.7 Å². The van der Waals surface area contributed by atoms with Gasteiger partial charge in [-0.15, -0.1) is 11.3 Å². The fraction of sp³-hybridized carbons (Fsp3) is 0.136. The molecule has 0 saturated carbocycles. The zero-order valence-electron chi connectivity index (χ0n) is 16.6. The third-order valence-electron chi connectivity index (χ3n) is 4.83. The van der Waals surface area contributed by atoms with Gasteiger partial charge in [-0.25, -0.2) is 9.37 Å². The third kappa shape index (κ3) is 4.04. The van der Waals surface area contributed by atoms with Crippen molar-refractivity contribution in [2.75, 3.05) is 12.4 Å². The molecule has 1 N–H and O–H groups in total. The van der Waals surface area contributed by atoms with Gasteiger partial charge in [-0.05, 0) is 36.8 Å². The highest BCUT2D eigenvalue weighted by Crippen LogP contribution is 2.31. The van der Waals surface area contributed by atoms with E-state index in [1.807, 2.05) is 0 Å². The first-order chi connectivity index (χ1) is 14.9. The molecule has 6 nitrogen and oxygen atoms in total. The molecule has 0 radical (unpaired) electrons. The van der Waals surface area contributed by atoms with Crippen molar-refractivity contribution in [3.63, 3.8) is 0 Å². The van der Waals surface area contributed by atoms with E-state index in [0.717, 1.165) is 11.3 Å². The van der Waals surface area contributed by atoms with Crippen LogP contribution in [0, 0.1) is 12.7 Å².